The third-order valence-corrected chi connectivity index (χ3v) is 3.25. The molecule has 0 saturated heterocycles. The largest absolute Gasteiger partial charge is 0.465 e. The SMILES string of the molecule is COC(=O)c1cc(N(C)Cc2ccccc2F)ccc1N. The number of nitrogen functional groups attached to an aromatic ring is 1. The Balaban J connectivity index is 2.25. The molecule has 0 aromatic heterocycles. The van der Waals surface area contributed by atoms with Gasteiger partial charge in [-0.3, -0.25) is 0 Å². The van der Waals surface area contributed by atoms with E-state index in [1.165, 1.54) is 13.2 Å². The maximum absolute atomic E-state index is 13.7. The van der Waals surface area contributed by atoms with Crippen molar-refractivity contribution >= 4 is 17.3 Å². The molecule has 0 amide bonds. The first kappa shape index (κ1) is 14.8. The minimum Gasteiger partial charge on any atom is -0.465 e. The molecule has 2 rings (SSSR count). The summed E-state index contributed by atoms with van der Waals surface area (Å²) in [7, 11) is 3.12. The molecule has 4 nitrogen and oxygen atoms in total. The lowest BCUT2D eigenvalue weighted by Gasteiger charge is -2.20. The molecule has 0 aliphatic rings. The number of nitrogens with two attached hydrogens (primary N) is 1. The van der Waals surface area contributed by atoms with Crippen molar-refractivity contribution in [2.24, 2.45) is 0 Å². The Bertz CT molecular complexity index is 658. The number of esters is 1. The first-order valence-electron chi connectivity index (χ1n) is 6.45. The van der Waals surface area contributed by atoms with Gasteiger partial charge in [0.1, 0.15) is 5.82 Å². The van der Waals surface area contributed by atoms with E-state index in [1.807, 2.05) is 11.9 Å². The van der Waals surface area contributed by atoms with Crippen molar-refractivity contribution in [3.63, 3.8) is 0 Å². The molecule has 0 spiro atoms. The van der Waals surface area contributed by atoms with Gasteiger partial charge in [-0.05, 0) is 24.3 Å². The smallest absolute Gasteiger partial charge is 0.340 e. The van der Waals surface area contributed by atoms with Gasteiger partial charge in [-0.25, -0.2) is 9.18 Å². The van der Waals surface area contributed by atoms with Crippen molar-refractivity contribution in [1.82, 2.24) is 0 Å². The highest BCUT2D eigenvalue weighted by molar-refractivity contribution is 5.96. The number of methoxy groups -OCH3 is 1. The van der Waals surface area contributed by atoms with Crippen LogP contribution >= 0.6 is 0 Å². The van der Waals surface area contributed by atoms with E-state index in [-0.39, 0.29) is 5.82 Å². The minimum atomic E-state index is -0.492. The second-order valence-electron chi connectivity index (χ2n) is 4.71. The van der Waals surface area contributed by atoms with Crippen molar-refractivity contribution in [2.75, 3.05) is 24.8 Å². The molecule has 0 unspecified atom stereocenters. The Labute approximate surface area is 122 Å². The molecule has 0 atom stereocenters. The number of benzene rings is 2. The topological polar surface area (TPSA) is 55.6 Å². The average Bonchev–Trinajstić information content (AvgIpc) is 2.49. The molecular formula is C16H17FN2O2. The van der Waals surface area contributed by atoms with Gasteiger partial charge in [0.15, 0.2) is 0 Å². The van der Waals surface area contributed by atoms with Crippen LogP contribution in [-0.4, -0.2) is 20.1 Å². The van der Waals surface area contributed by atoms with E-state index < -0.39 is 5.97 Å². The molecule has 2 aromatic carbocycles. The zero-order valence-corrected chi connectivity index (χ0v) is 12.0. The monoisotopic (exact) mass is 288 g/mol. The highest BCUT2D eigenvalue weighted by atomic mass is 19.1. The molecule has 2 aromatic rings. The summed E-state index contributed by atoms with van der Waals surface area (Å²) in [4.78, 5) is 13.5. The Hall–Kier alpha value is -2.56. The van der Waals surface area contributed by atoms with Crippen LogP contribution in [0.2, 0.25) is 0 Å². The Morgan fingerprint density at radius 1 is 1.29 bits per heavy atom. The number of rotatable bonds is 4. The number of ether oxygens (including phenoxy) is 1. The van der Waals surface area contributed by atoms with Crippen molar-refractivity contribution in [1.29, 1.82) is 0 Å². The predicted octanol–water partition coefficient (Wildman–Crippen LogP) is 2.83. The fourth-order valence-electron chi connectivity index (χ4n) is 2.04. The quantitative estimate of drug-likeness (QED) is 0.694. The van der Waals surface area contributed by atoms with Crippen LogP contribution in [0.1, 0.15) is 15.9 Å². The second-order valence-corrected chi connectivity index (χ2v) is 4.71. The van der Waals surface area contributed by atoms with Gasteiger partial charge in [0.05, 0.1) is 12.7 Å². The van der Waals surface area contributed by atoms with Gasteiger partial charge in [0.25, 0.3) is 0 Å². The third kappa shape index (κ3) is 3.31. The highest BCUT2D eigenvalue weighted by Gasteiger charge is 2.13. The number of hydrogen-bond acceptors (Lipinski definition) is 4. The normalized spacial score (nSPS) is 10.2. The minimum absolute atomic E-state index is 0.256. The lowest BCUT2D eigenvalue weighted by Crippen LogP contribution is -2.18. The maximum atomic E-state index is 13.7. The fraction of sp³-hybridized carbons (Fsp3) is 0.188. The van der Waals surface area contributed by atoms with Gasteiger partial charge in [0, 0.05) is 30.5 Å². The van der Waals surface area contributed by atoms with Crippen LogP contribution in [0.3, 0.4) is 0 Å². The summed E-state index contributed by atoms with van der Waals surface area (Å²) < 4.78 is 18.4. The molecule has 5 heteroatoms. The lowest BCUT2D eigenvalue weighted by molar-refractivity contribution is 0.0602. The van der Waals surface area contributed by atoms with Gasteiger partial charge in [-0.2, -0.15) is 0 Å². The lowest BCUT2D eigenvalue weighted by atomic mass is 10.1. The van der Waals surface area contributed by atoms with Crippen LogP contribution < -0.4 is 10.6 Å². The standard InChI is InChI=1S/C16H17FN2O2/c1-19(10-11-5-3-4-6-14(11)17)12-7-8-15(18)13(9-12)16(20)21-2/h3-9H,10,18H2,1-2H3. The molecule has 0 saturated carbocycles. The predicted molar refractivity (Wildman–Crippen MR) is 80.7 cm³/mol. The van der Waals surface area contributed by atoms with Crippen molar-refractivity contribution in [2.45, 2.75) is 6.54 Å². The van der Waals surface area contributed by atoms with E-state index in [4.69, 9.17) is 10.5 Å². The van der Waals surface area contributed by atoms with E-state index in [0.717, 1.165) is 5.69 Å². The highest BCUT2D eigenvalue weighted by Crippen LogP contribution is 2.23. The van der Waals surface area contributed by atoms with E-state index in [9.17, 15) is 9.18 Å². The van der Waals surface area contributed by atoms with E-state index in [0.29, 0.717) is 23.4 Å². The first-order valence-corrected chi connectivity index (χ1v) is 6.45. The summed E-state index contributed by atoms with van der Waals surface area (Å²) >= 11 is 0. The molecule has 0 heterocycles. The Morgan fingerprint density at radius 2 is 2.00 bits per heavy atom. The number of carbonyl (C=O) groups is 1. The summed E-state index contributed by atoms with van der Waals surface area (Å²) in [6, 6.07) is 11.6. The van der Waals surface area contributed by atoms with Gasteiger partial charge in [-0.15, -0.1) is 0 Å². The molecular weight excluding hydrogens is 271 g/mol. The zero-order valence-electron chi connectivity index (χ0n) is 12.0. The first-order chi connectivity index (χ1) is 10.0. The fourth-order valence-corrected chi connectivity index (χ4v) is 2.04. The summed E-state index contributed by atoms with van der Waals surface area (Å²) in [6.45, 7) is 0.386. The molecule has 21 heavy (non-hydrogen) atoms. The molecule has 2 N–H and O–H groups in total. The van der Waals surface area contributed by atoms with Gasteiger partial charge >= 0.3 is 5.97 Å². The molecule has 0 radical (unpaired) electrons. The maximum Gasteiger partial charge on any atom is 0.340 e. The van der Waals surface area contributed by atoms with Crippen LogP contribution in [-0.2, 0) is 11.3 Å². The van der Waals surface area contributed by atoms with Gasteiger partial charge < -0.3 is 15.4 Å². The number of hydrogen-bond donors (Lipinski definition) is 1. The molecule has 0 aliphatic carbocycles. The van der Waals surface area contributed by atoms with Crippen LogP contribution in [0, 0.1) is 5.82 Å². The summed E-state index contributed by atoms with van der Waals surface area (Å²) in [5.74, 6) is -0.748. The number of nitrogens with zero attached hydrogens (tertiary/aromatic N) is 1. The van der Waals surface area contributed by atoms with Crippen LogP contribution in [0.25, 0.3) is 0 Å². The second kappa shape index (κ2) is 6.26. The zero-order chi connectivity index (χ0) is 15.4. The Morgan fingerprint density at radius 3 is 2.67 bits per heavy atom. The summed E-state index contributed by atoms with van der Waals surface area (Å²) in [6.07, 6.45) is 0. The van der Waals surface area contributed by atoms with Gasteiger partial charge in [0.2, 0.25) is 0 Å². The number of halogens is 1. The van der Waals surface area contributed by atoms with Crippen molar-refractivity contribution in [3.05, 3.63) is 59.4 Å². The Kier molecular flexibility index (Phi) is 4.42. The third-order valence-electron chi connectivity index (χ3n) is 3.25. The summed E-state index contributed by atoms with van der Waals surface area (Å²) in [5.41, 5.74) is 7.75. The molecule has 0 aliphatic heterocycles. The van der Waals surface area contributed by atoms with E-state index in [1.54, 1.807) is 36.4 Å². The number of anilines is 2. The van der Waals surface area contributed by atoms with Crippen molar-refractivity contribution in [3.8, 4) is 0 Å². The van der Waals surface area contributed by atoms with E-state index in [2.05, 4.69) is 0 Å². The molecule has 110 valence electrons. The van der Waals surface area contributed by atoms with Crippen molar-refractivity contribution < 1.29 is 13.9 Å². The van der Waals surface area contributed by atoms with E-state index >= 15 is 0 Å². The molecule has 0 fully saturated rings. The van der Waals surface area contributed by atoms with Crippen LogP contribution in [0.15, 0.2) is 42.5 Å². The summed E-state index contributed by atoms with van der Waals surface area (Å²) in [5, 5.41) is 0. The average molecular weight is 288 g/mol. The number of carbonyl (C=O) groups excluding carboxylic acids is 1. The van der Waals surface area contributed by atoms with Crippen LogP contribution in [0.5, 0.6) is 0 Å². The van der Waals surface area contributed by atoms with Gasteiger partial charge in [-0.1, -0.05) is 18.2 Å². The van der Waals surface area contributed by atoms with Crippen LogP contribution in [0.4, 0.5) is 15.8 Å². The molecule has 0 bridgehead atoms.